The third-order valence-electron chi connectivity index (χ3n) is 5.72. The second kappa shape index (κ2) is 6.50. The second-order valence-electron chi connectivity index (χ2n) is 7.65. The number of aromatic carboxylic acids is 1. The molecule has 0 amide bonds. The van der Waals surface area contributed by atoms with Gasteiger partial charge < -0.3 is 24.8 Å². The summed E-state index contributed by atoms with van der Waals surface area (Å²) in [6.07, 6.45) is 1.36. The van der Waals surface area contributed by atoms with Gasteiger partial charge in [0.25, 0.3) is 0 Å². The third kappa shape index (κ3) is 2.59. The lowest BCUT2D eigenvalue weighted by atomic mass is 9.75. The number of rotatable bonds is 3. The predicted octanol–water partition coefficient (Wildman–Crippen LogP) is 4.32. The average molecular weight is 418 g/mol. The molecule has 0 aromatic heterocycles. The first kappa shape index (κ1) is 19.0. The fourth-order valence-corrected chi connectivity index (χ4v) is 4.53. The van der Waals surface area contributed by atoms with Crippen molar-refractivity contribution in [1.82, 2.24) is 0 Å². The van der Waals surface area contributed by atoms with Gasteiger partial charge in [-0.05, 0) is 42.3 Å². The zero-order valence-corrected chi connectivity index (χ0v) is 16.5. The molecule has 7 nitrogen and oxygen atoms in total. The van der Waals surface area contributed by atoms with E-state index in [9.17, 15) is 24.9 Å². The highest BCUT2D eigenvalue weighted by Gasteiger charge is 2.54. The first-order chi connectivity index (χ1) is 14.8. The first-order valence-corrected chi connectivity index (χ1v) is 9.84. The molecule has 5 rings (SSSR count). The Balaban J connectivity index is 1.89. The lowest BCUT2D eigenvalue weighted by molar-refractivity contribution is 0.0221. The van der Waals surface area contributed by atoms with E-state index in [1.807, 2.05) is 6.92 Å². The number of phenolic OH excluding ortho intramolecular Hbond substituents is 2. The van der Waals surface area contributed by atoms with E-state index in [-0.39, 0.29) is 28.4 Å². The standard InChI is InChI=1S/C24H18O7/c1-2-3-12-8-15(26)11-20-21(12)24(18-7-5-14(25)10-19(18)30-20)17-6-4-13(22(27)28)9-16(17)23(29)31-24/h4-11,25-26H,2-3H2,1H3,(H,27,28). The smallest absolute Gasteiger partial charge is 0.340 e. The van der Waals surface area contributed by atoms with Gasteiger partial charge in [0, 0.05) is 23.3 Å². The summed E-state index contributed by atoms with van der Waals surface area (Å²) in [5.41, 5.74) is 1.07. The van der Waals surface area contributed by atoms with Gasteiger partial charge in [0.15, 0.2) is 5.60 Å². The van der Waals surface area contributed by atoms with E-state index in [1.165, 1.54) is 30.3 Å². The van der Waals surface area contributed by atoms with Crippen LogP contribution in [0.25, 0.3) is 0 Å². The quantitative estimate of drug-likeness (QED) is 0.543. The molecule has 156 valence electrons. The molecule has 3 aromatic carbocycles. The third-order valence-corrected chi connectivity index (χ3v) is 5.72. The summed E-state index contributed by atoms with van der Waals surface area (Å²) in [7, 11) is 0. The van der Waals surface area contributed by atoms with Crippen molar-refractivity contribution in [2.24, 2.45) is 0 Å². The van der Waals surface area contributed by atoms with Crippen LogP contribution >= 0.6 is 0 Å². The maximum absolute atomic E-state index is 13.0. The highest BCUT2D eigenvalue weighted by atomic mass is 16.6. The van der Waals surface area contributed by atoms with Gasteiger partial charge in [-0.1, -0.05) is 19.4 Å². The molecule has 0 fully saturated rings. The molecule has 31 heavy (non-hydrogen) atoms. The first-order valence-electron chi connectivity index (χ1n) is 9.84. The van der Waals surface area contributed by atoms with Crippen molar-refractivity contribution >= 4 is 11.9 Å². The van der Waals surface area contributed by atoms with Gasteiger partial charge in [0.1, 0.15) is 23.0 Å². The molecule has 2 heterocycles. The predicted molar refractivity (Wildman–Crippen MR) is 109 cm³/mol. The molecule has 0 bridgehead atoms. The molecule has 0 saturated heterocycles. The lowest BCUT2D eigenvalue weighted by Gasteiger charge is -2.38. The zero-order valence-electron chi connectivity index (χ0n) is 16.5. The van der Waals surface area contributed by atoms with Crippen LogP contribution in [0.1, 0.15) is 56.3 Å². The zero-order chi connectivity index (χ0) is 21.9. The molecule has 7 heteroatoms. The highest BCUT2D eigenvalue weighted by Crippen LogP contribution is 2.58. The van der Waals surface area contributed by atoms with Crippen molar-refractivity contribution in [2.45, 2.75) is 25.4 Å². The summed E-state index contributed by atoms with van der Waals surface area (Å²) < 4.78 is 12.1. The number of hydrogen-bond donors (Lipinski definition) is 3. The summed E-state index contributed by atoms with van der Waals surface area (Å²) in [4.78, 5) is 24.4. The van der Waals surface area contributed by atoms with Gasteiger partial charge >= 0.3 is 11.9 Å². The van der Waals surface area contributed by atoms with Crippen LogP contribution in [0.3, 0.4) is 0 Å². The van der Waals surface area contributed by atoms with Crippen molar-refractivity contribution in [3.8, 4) is 23.0 Å². The van der Waals surface area contributed by atoms with E-state index in [4.69, 9.17) is 9.47 Å². The summed E-state index contributed by atoms with van der Waals surface area (Å²) in [5, 5.41) is 29.6. The summed E-state index contributed by atoms with van der Waals surface area (Å²) in [6.45, 7) is 1.99. The van der Waals surface area contributed by atoms with Crippen molar-refractivity contribution in [1.29, 1.82) is 0 Å². The largest absolute Gasteiger partial charge is 0.508 e. The number of benzene rings is 3. The van der Waals surface area contributed by atoms with E-state index >= 15 is 0 Å². The molecule has 3 aromatic rings. The summed E-state index contributed by atoms with van der Waals surface area (Å²) in [5.74, 6) is -1.23. The Hall–Kier alpha value is -4.00. The number of phenols is 2. The number of carbonyl (C=O) groups is 2. The van der Waals surface area contributed by atoms with Crippen LogP contribution in [0, 0.1) is 0 Å². The second-order valence-corrected chi connectivity index (χ2v) is 7.65. The van der Waals surface area contributed by atoms with Crippen LogP contribution in [0.5, 0.6) is 23.0 Å². The minimum absolute atomic E-state index is 0.00623. The van der Waals surface area contributed by atoms with E-state index in [2.05, 4.69) is 0 Å². The van der Waals surface area contributed by atoms with Crippen LogP contribution in [0.4, 0.5) is 0 Å². The summed E-state index contributed by atoms with van der Waals surface area (Å²) in [6, 6.07) is 11.9. The van der Waals surface area contributed by atoms with Crippen molar-refractivity contribution in [2.75, 3.05) is 0 Å². The molecular formula is C24H18O7. The minimum Gasteiger partial charge on any atom is -0.508 e. The topological polar surface area (TPSA) is 113 Å². The maximum atomic E-state index is 13.0. The van der Waals surface area contributed by atoms with Crippen molar-refractivity contribution < 1.29 is 34.4 Å². The number of ether oxygens (including phenoxy) is 2. The Morgan fingerprint density at radius 1 is 0.968 bits per heavy atom. The number of aryl methyl sites for hydroxylation is 1. The van der Waals surface area contributed by atoms with Crippen molar-refractivity contribution in [3.63, 3.8) is 0 Å². The molecule has 2 aliphatic heterocycles. The number of carboxylic acids is 1. The number of hydrogen-bond acceptors (Lipinski definition) is 6. The molecule has 0 aliphatic carbocycles. The van der Waals surface area contributed by atoms with E-state index in [0.717, 1.165) is 12.0 Å². The summed E-state index contributed by atoms with van der Waals surface area (Å²) >= 11 is 0. The van der Waals surface area contributed by atoms with E-state index in [0.29, 0.717) is 28.9 Å². The van der Waals surface area contributed by atoms with Crippen LogP contribution in [-0.4, -0.2) is 27.3 Å². The minimum atomic E-state index is -1.39. The number of fused-ring (bicyclic) bond motifs is 6. The average Bonchev–Trinajstić information content (AvgIpc) is 3.00. The number of carbonyl (C=O) groups excluding carboxylic acids is 1. The Labute approximate surface area is 177 Å². The number of carboxylic acid groups (broad SMARTS) is 1. The monoisotopic (exact) mass is 418 g/mol. The SMILES string of the molecule is CCCc1cc(O)cc2c1C1(OC(=O)c3cc(C(=O)O)ccc31)c1ccc(O)cc1O2. The van der Waals surface area contributed by atoms with Crippen LogP contribution < -0.4 is 4.74 Å². The molecule has 0 saturated carbocycles. The van der Waals surface area contributed by atoms with Crippen molar-refractivity contribution in [3.05, 3.63) is 81.9 Å². The van der Waals surface area contributed by atoms with Gasteiger partial charge in [0.05, 0.1) is 16.7 Å². The Morgan fingerprint density at radius 2 is 1.71 bits per heavy atom. The Morgan fingerprint density at radius 3 is 2.45 bits per heavy atom. The molecule has 1 spiro atoms. The van der Waals surface area contributed by atoms with E-state index in [1.54, 1.807) is 18.2 Å². The fourth-order valence-electron chi connectivity index (χ4n) is 4.53. The molecule has 1 atom stereocenters. The van der Waals surface area contributed by atoms with Gasteiger partial charge in [-0.3, -0.25) is 0 Å². The molecular weight excluding hydrogens is 400 g/mol. The van der Waals surface area contributed by atoms with Gasteiger partial charge in [-0.15, -0.1) is 0 Å². The molecule has 3 N–H and O–H groups in total. The fraction of sp³-hybridized carbons (Fsp3) is 0.167. The van der Waals surface area contributed by atoms with Gasteiger partial charge in [-0.25, -0.2) is 9.59 Å². The molecule has 1 unspecified atom stereocenters. The van der Waals surface area contributed by atoms with Crippen LogP contribution in [0.15, 0.2) is 48.5 Å². The normalized spacial score (nSPS) is 18.0. The molecule has 2 aliphatic rings. The van der Waals surface area contributed by atoms with Gasteiger partial charge in [0.2, 0.25) is 0 Å². The lowest BCUT2D eigenvalue weighted by Crippen LogP contribution is -2.34. The van der Waals surface area contributed by atoms with Crippen LogP contribution in [-0.2, 0) is 16.8 Å². The molecule has 0 radical (unpaired) electrons. The van der Waals surface area contributed by atoms with Gasteiger partial charge in [-0.2, -0.15) is 0 Å². The Kier molecular flexibility index (Phi) is 3.98. The number of aromatic hydroxyl groups is 2. The Bertz CT molecular complexity index is 1280. The van der Waals surface area contributed by atoms with E-state index < -0.39 is 17.5 Å². The number of esters is 1. The van der Waals surface area contributed by atoms with Crippen LogP contribution in [0.2, 0.25) is 0 Å². The highest BCUT2D eigenvalue weighted by molar-refractivity contribution is 6.00. The maximum Gasteiger partial charge on any atom is 0.340 e.